The number of rotatable bonds is 0. The van der Waals surface area contributed by atoms with Crippen LogP contribution in [0.5, 0.6) is 0 Å². The zero-order valence-electron chi connectivity index (χ0n) is 3.12. The molecule has 0 atom stereocenters. The first-order valence-corrected chi connectivity index (χ1v) is 1.29. The van der Waals surface area contributed by atoms with Crippen molar-refractivity contribution in [1.29, 1.82) is 0 Å². The predicted octanol–water partition coefficient (Wildman–Crippen LogP) is -1.28. The summed E-state index contributed by atoms with van der Waals surface area (Å²) in [5.74, 6) is -3.49. The fraction of sp³-hybridized carbons (Fsp3) is 0. The number of carbonyl (C=O) groups excluding carboxylic acids is 1. The molecular weight excluding hydrogens is 125 g/mol. The summed E-state index contributed by atoms with van der Waals surface area (Å²) in [6, 6.07) is 0. The molecule has 0 saturated heterocycles. The average molecular weight is 127 g/mol. The number of hydrogen-bond donors (Lipinski definition) is 1. The van der Waals surface area contributed by atoms with Gasteiger partial charge in [0.15, 0.2) is 0 Å². The summed E-state index contributed by atoms with van der Waals surface area (Å²) in [4.78, 5) is 27.7. The fourth-order valence-electron chi connectivity index (χ4n) is 0.0390. The SMILES string of the molecule is O=NC(=O)C(=O)O.[NaH]. The van der Waals surface area contributed by atoms with Crippen molar-refractivity contribution in [3.8, 4) is 0 Å². The van der Waals surface area contributed by atoms with Crippen molar-refractivity contribution in [2.75, 3.05) is 0 Å². The van der Waals surface area contributed by atoms with Gasteiger partial charge in [0.25, 0.3) is 0 Å². The van der Waals surface area contributed by atoms with E-state index in [2.05, 4.69) is 0 Å². The number of carbonyl (C=O) groups is 2. The molecule has 0 saturated carbocycles. The molecule has 0 spiro atoms. The molecule has 0 aliphatic carbocycles. The summed E-state index contributed by atoms with van der Waals surface area (Å²) in [5.41, 5.74) is 0. The van der Waals surface area contributed by atoms with Gasteiger partial charge in [-0.1, -0.05) is 0 Å². The van der Waals surface area contributed by atoms with Crippen LogP contribution in [0.1, 0.15) is 0 Å². The zero-order valence-corrected chi connectivity index (χ0v) is 3.12. The van der Waals surface area contributed by atoms with Gasteiger partial charge >= 0.3 is 41.4 Å². The topological polar surface area (TPSA) is 83.8 Å². The van der Waals surface area contributed by atoms with E-state index in [1.165, 1.54) is 0 Å². The van der Waals surface area contributed by atoms with E-state index in [4.69, 9.17) is 10.0 Å². The summed E-state index contributed by atoms with van der Waals surface area (Å²) in [5, 5.41) is 9.14. The Morgan fingerprint density at radius 2 is 1.75 bits per heavy atom. The standard InChI is InChI=1S/C2HNO4.Na.H/c4-1(3-7)2(5)6;;/h(H,5,6);;. The minimum absolute atomic E-state index is 0. The first kappa shape index (κ1) is 10.7. The molecule has 0 radical (unpaired) electrons. The Bertz CT molecular complexity index is 121. The second kappa shape index (κ2) is 4.89. The van der Waals surface area contributed by atoms with Gasteiger partial charge in [0.05, 0.1) is 0 Å². The van der Waals surface area contributed by atoms with Crippen LogP contribution in [-0.4, -0.2) is 46.5 Å². The third-order valence-electron chi connectivity index (χ3n) is 0.266. The Kier molecular flexibility index (Phi) is 6.52. The van der Waals surface area contributed by atoms with E-state index >= 15 is 0 Å². The number of hydrogen-bond acceptors (Lipinski definition) is 3. The van der Waals surface area contributed by atoms with Gasteiger partial charge in [0, 0.05) is 5.18 Å². The predicted molar refractivity (Wildman–Crippen MR) is 25.6 cm³/mol. The molecule has 0 unspecified atom stereocenters. The number of aliphatic carboxylic acids is 1. The van der Waals surface area contributed by atoms with E-state index in [0.717, 1.165) is 0 Å². The Hall–Kier alpha value is -0.260. The van der Waals surface area contributed by atoms with Crippen molar-refractivity contribution in [3.63, 3.8) is 0 Å². The number of carboxylic acids is 1. The molecule has 0 bridgehead atoms. The summed E-state index contributed by atoms with van der Waals surface area (Å²) < 4.78 is 0. The second-order valence-electron chi connectivity index (χ2n) is 0.702. The Balaban J connectivity index is 0. The number of nitroso groups, excluding NO2 is 1. The van der Waals surface area contributed by atoms with Crippen molar-refractivity contribution in [2.24, 2.45) is 5.18 Å². The maximum absolute atomic E-state index is 9.43. The van der Waals surface area contributed by atoms with E-state index in [0.29, 0.717) is 0 Å². The van der Waals surface area contributed by atoms with Crippen LogP contribution < -0.4 is 0 Å². The van der Waals surface area contributed by atoms with Crippen molar-refractivity contribution >= 4 is 41.4 Å². The molecule has 40 valence electrons. The zero-order chi connectivity index (χ0) is 5.86. The Morgan fingerprint density at radius 3 is 1.75 bits per heavy atom. The monoisotopic (exact) mass is 127 g/mol. The third-order valence-corrected chi connectivity index (χ3v) is 0.266. The van der Waals surface area contributed by atoms with Gasteiger partial charge in [-0.15, -0.1) is 4.91 Å². The van der Waals surface area contributed by atoms with Gasteiger partial charge in [0.1, 0.15) is 0 Å². The van der Waals surface area contributed by atoms with Gasteiger partial charge < -0.3 is 5.11 Å². The van der Waals surface area contributed by atoms with Gasteiger partial charge in [-0.2, -0.15) is 0 Å². The van der Waals surface area contributed by atoms with Crippen LogP contribution >= 0.6 is 0 Å². The van der Waals surface area contributed by atoms with Crippen LogP contribution in [0.15, 0.2) is 5.18 Å². The normalized spacial score (nSPS) is 6.50. The third kappa shape index (κ3) is 3.91. The summed E-state index contributed by atoms with van der Waals surface area (Å²) in [7, 11) is 0. The van der Waals surface area contributed by atoms with Crippen molar-refractivity contribution < 1.29 is 14.7 Å². The van der Waals surface area contributed by atoms with Gasteiger partial charge in [0.2, 0.25) is 0 Å². The van der Waals surface area contributed by atoms with Crippen molar-refractivity contribution in [3.05, 3.63) is 4.91 Å². The van der Waals surface area contributed by atoms with Crippen LogP contribution in [0.4, 0.5) is 0 Å². The molecule has 0 fully saturated rings. The van der Waals surface area contributed by atoms with E-state index in [1.807, 2.05) is 0 Å². The number of amides is 1. The molecule has 8 heavy (non-hydrogen) atoms. The molecule has 0 aliphatic rings. The van der Waals surface area contributed by atoms with Crippen LogP contribution in [-0.2, 0) is 9.59 Å². The van der Waals surface area contributed by atoms with Gasteiger partial charge in [-0.25, -0.2) is 4.79 Å². The molecule has 6 heteroatoms. The molecule has 1 amide bonds. The summed E-state index contributed by atoms with van der Waals surface area (Å²) >= 11 is 0. The molecule has 0 aliphatic heterocycles. The Morgan fingerprint density at radius 1 is 1.38 bits per heavy atom. The molecule has 0 aromatic carbocycles. The average Bonchev–Trinajstić information content (AvgIpc) is 1.65. The van der Waals surface area contributed by atoms with E-state index in [-0.39, 0.29) is 29.6 Å². The number of carboxylic acid groups (broad SMARTS) is 1. The van der Waals surface area contributed by atoms with Gasteiger partial charge in [-0.3, -0.25) is 4.79 Å². The van der Waals surface area contributed by atoms with E-state index in [9.17, 15) is 9.59 Å². The second-order valence-corrected chi connectivity index (χ2v) is 0.702. The fourth-order valence-corrected chi connectivity index (χ4v) is 0.0390. The first-order valence-electron chi connectivity index (χ1n) is 1.29. The van der Waals surface area contributed by atoms with E-state index in [1.54, 1.807) is 5.18 Å². The van der Waals surface area contributed by atoms with Crippen LogP contribution in [0.2, 0.25) is 0 Å². The van der Waals surface area contributed by atoms with Crippen molar-refractivity contribution in [1.82, 2.24) is 0 Å². The van der Waals surface area contributed by atoms with Crippen LogP contribution in [0.3, 0.4) is 0 Å². The van der Waals surface area contributed by atoms with Gasteiger partial charge in [-0.05, 0) is 0 Å². The number of nitrogens with zero attached hydrogens (tertiary/aromatic N) is 1. The quantitative estimate of drug-likeness (QED) is 0.249. The molecular formula is C2H2NNaO4. The molecule has 0 aromatic heterocycles. The van der Waals surface area contributed by atoms with Crippen LogP contribution in [0.25, 0.3) is 0 Å². The molecule has 0 heterocycles. The molecule has 1 N–H and O–H groups in total. The molecule has 0 aromatic rings. The van der Waals surface area contributed by atoms with Crippen molar-refractivity contribution in [2.45, 2.75) is 0 Å². The maximum atomic E-state index is 9.43. The van der Waals surface area contributed by atoms with Crippen LogP contribution in [0, 0.1) is 4.91 Å². The molecule has 5 nitrogen and oxygen atoms in total. The summed E-state index contributed by atoms with van der Waals surface area (Å²) in [6.45, 7) is 0. The van der Waals surface area contributed by atoms with E-state index < -0.39 is 11.9 Å². The first-order chi connectivity index (χ1) is 3.18. The minimum atomic E-state index is -1.82. The summed E-state index contributed by atoms with van der Waals surface area (Å²) in [6.07, 6.45) is 0. The molecule has 0 rings (SSSR count). The Labute approximate surface area is 66.3 Å².